The second-order valence-electron chi connectivity index (χ2n) is 3.05. The third-order valence-corrected chi connectivity index (χ3v) is 2.94. The van der Waals surface area contributed by atoms with Gasteiger partial charge in [-0.25, -0.2) is 0 Å². The largest absolute Gasteiger partial charge is 0.368 e. The number of likely N-dealkylation sites (N-methyl/N-ethyl adjacent to an activating group) is 1. The summed E-state index contributed by atoms with van der Waals surface area (Å²) < 4.78 is 0. The smallest absolute Gasteiger partial charge is 0.234 e. The normalized spacial score (nSPS) is 16.1. The third-order valence-electron chi connectivity index (χ3n) is 2.13. The predicted octanol–water partition coefficient (Wildman–Crippen LogP) is 0.543. The van der Waals surface area contributed by atoms with E-state index in [4.69, 9.17) is 5.73 Å². The zero-order chi connectivity index (χ0) is 9.72. The lowest BCUT2D eigenvalue weighted by Gasteiger charge is -2.28. The van der Waals surface area contributed by atoms with Crippen LogP contribution in [0.2, 0.25) is 0 Å². The van der Waals surface area contributed by atoms with Gasteiger partial charge < -0.3 is 5.73 Å². The maximum absolute atomic E-state index is 10.8. The van der Waals surface area contributed by atoms with Gasteiger partial charge in [0, 0.05) is 11.8 Å². The van der Waals surface area contributed by atoms with E-state index in [1.165, 1.54) is 0 Å². The summed E-state index contributed by atoms with van der Waals surface area (Å²) in [6.07, 6.45) is 2.05. The first kappa shape index (κ1) is 11.8. The summed E-state index contributed by atoms with van der Waals surface area (Å²) >= 11 is 1.77. The van der Waals surface area contributed by atoms with E-state index in [9.17, 15) is 4.79 Å². The first-order valence-electron chi connectivity index (χ1n) is 4.00. The van der Waals surface area contributed by atoms with Crippen LogP contribution in [0.5, 0.6) is 0 Å². The van der Waals surface area contributed by atoms with Crippen molar-refractivity contribution in [1.82, 2.24) is 4.90 Å². The topological polar surface area (TPSA) is 46.3 Å². The molecule has 0 aromatic rings. The molecular weight excluding hydrogens is 172 g/mol. The average Bonchev–Trinajstić information content (AvgIpc) is 2.02. The van der Waals surface area contributed by atoms with Gasteiger partial charge in [-0.05, 0) is 27.2 Å². The van der Waals surface area contributed by atoms with Crippen molar-refractivity contribution in [3.63, 3.8) is 0 Å². The fourth-order valence-corrected chi connectivity index (χ4v) is 1.66. The van der Waals surface area contributed by atoms with Crippen LogP contribution in [0.4, 0.5) is 0 Å². The minimum Gasteiger partial charge on any atom is -0.368 e. The highest BCUT2D eigenvalue weighted by Gasteiger charge is 2.19. The van der Waals surface area contributed by atoms with Gasteiger partial charge in [0.15, 0.2) is 0 Å². The van der Waals surface area contributed by atoms with Gasteiger partial charge in [0.2, 0.25) is 5.91 Å². The number of carbonyl (C=O) groups excluding carboxylic acids is 1. The third kappa shape index (κ3) is 3.45. The number of primary amides is 1. The SMILES string of the molecule is CSCC(C)N(C)C(C)C(N)=O. The van der Waals surface area contributed by atoms with Crippen LogP contribution in [0, 0.1) is 0 Å². The van der Waals surface area contributed by atoms with E-state index in [1.54, 1.807) is 11.8 Å². The van der Waals surface area contributed by atoms with E-state index < -0.39 is 0 Å². The molecule has 2 atom stereocenters. The van der Waals surface area contributed by atoms with E-state index in [1.807, 2.05) is 18.9 Å². The molecule has 12 heavy (non-hydrogen) atoms. The summed E-state index contributed by atoms with van der Waals surface area (Å²) in [5.41, 5.74) is 5.18. The first-order chi connectivity index (χ1) is 5.50. The second-order valence-corrected chi connectivity index (χ2v) is 3.96. The van der Waals surface area contributed by atoms with Crippen molar-refractivity contribution in [2.75, 3.05) is 19.1 Å². The van der Waals surface area contributed by atoms with Crippen LogP contribution in [0.3, 0.4) is 0 Å². The average molecular weight is 190 g/mol. The van der Waals surface area contributed by atoms with Crippen LogP contribution in [0.25, 0.3) is 0 Å². The summed E-state index contributed by atoms with van der Waals surface area (Å²) in [5.74, 6) is 0.763. The van der Waals surface area contributed by atoms with Crippen molar-refractivity contribution in [2.45, 2.75) is 25.9 Å². The van der Waals surface area contributed by atoms with Crippen LogP contribution in [0.15, 0.2) is 0 Å². The number of amides is 1. The summed E-state index contributed by atoms with van der Waals surface area (Å²) in [6.45, 7) is 3.93. The molecule has 0 fully saturated rings. The van der Waals surface area contributed by atoms with Gasteiger partial charge in [0.1, 0.15) is 0 Å². The number of nitrogens with zero attached hydrogens (tertiary/aromatic N) is 1. The second kappa shape index (κ2) is 5.43. The molecule has 0 spiro atoms. The van der Waals surface area contributed by atoms with Gasteiger partial charge in [0.25, 0.3) is 0 Å². The van der Waals surface area contributed by atoms with Crippen molar-refractivity contribution in [2.24, 2.45) is 5.73 Å². The van der Waals surface area contributed by atoms with Gasteiger partial charge in [-0.1, -0.05) is 0 Å². The van der Waals surface area contributed by atoms with E-state index in [-0.39, 0.29) is 11.9 Å². The van der Waals surface area contributed by atoms with Crippen molar-refractivity contribution in [3.05, 3.63) is 0 Å². The standard InChI is InChI=1S/C8H18N2OS/c1-6(5-12-4)10(3)7(2)8(9)11/h6-7H,5H2,1-4H3,(H2,9,11). The van der Waals surface area contributed by atoms with E-state index >= 15 is 0 Å². The monoisotopic (exact) mass is 190 g/mol. The summed E-state index contributed by atoms with van der Waals surface area (Å²) in [7, 11) is 1.93. The first-order valence-corrected chi connectivity index (χ1v) is 5.40. The molecule has 2 unspecified atom stereocenters. The molecule has 1 amide bonds. The number of hydrogen-bond donors (Lipinski definition) is 1. The quantitative estimate of drug-likeness (QED) is 0.688. The Morgan fingerprint density at radius 1 is 1.58 bits per heavy atom. The molecule has 0 aromatic carbocycles. The van der Waals surface area contributed by atoms with Gasteiger partial charge >= 0.3 is 0 Å². The molecule has 0 bridgehead atoms. The molecule has 72 valence electrons. The molecular formula is C8H18N2OS. The van der Waals surface area contributed by atoms with Crippen LogP contribution in [-0.4, -0.2) is 41.9 Å². The molecule has 0 aromatic heterocycles. The molecule has 0 radical (unpaired) electrons. The molecule has 0 aliphatic carbocycles. The van der Waals surface area contributed by atoms with E-state index in [0.29, 0.717) is 6.04 Å². The fourth-order valence-electron chi connectivity index (χ4n) is 0.941. The minimum absolute atomic E-state index is 0.174. The van der Waals surface area contributed by atoms with Gasteiger partial charge in [-0.3, -0.25) is 9.69 Å². The lowest BCUT2D eigenvalue weighted by Crippen LogP contribution is -2.45. The van der Waals surface area contributed by atoms with Crippen LogP contribution in [-0.2, 0) is 4.79 Å². The Hall–Kier alpha value is -0.220. The Kier molecular flexibility index (Phi) is 5.33. The maximum Gasteiger partial charge on any atom is 0.234 e. The number of thioether (sulfide) groups is 1. The number of rotatable bonds is 5. The van der Waals surface area contributed by atoms with Crippen LogP contribution < -0.4 is 5.73 Å². The molecule has 2 N–H and O–H groups in total. The van der Waals surface area contributed by atoms with Crippen LogP contribution >= 0.6 is 11.8 Å². The minimum atomic E-state index is -0.259. The molecule has 4 heteroatoms. The summed E-state index contributed by atoms with van der Waals surface area (Å²) in [6, 6.07) is 0.217. The number of hydrogen-bond acceptors (Lipinski definition) is 3. The molecule has 0 heterocycles. The van der Waals surface area contributed by atoms with Gasteiger partial charge in [0.05, 0.1) is 6.04 Å². The Labute approximate surface area is 78.7 Å². The summed E-state index contributed by atoms with van der Waals surface area (Å²) in [5, 5.41) is 0. The molecule has 0 rings (SSSR count). The Morgan fingerprint density at radius 2 is 2.08 bits per heavy atom. The van der Waals surface area contributed by atoms with Gasteiger partial charge in [-0.15, -0.1) is 0 Å². The zero-order valence-electron chi connectivity index (χ0n) is 8.20. The Balaban J connectivity index is 3.99. The lowest BCUT2D eigenvalue weighted by molar-refractivity contribution is -0.122. The molecule has 0 saturated carbocycles. The van der Waals surface area contributed by atoms with Gasteiger partial charge in [-0.2, -0.15) is 11.8 Å². The lowest BCUT2D eigenvalue weighted by atomic mass is 10.2. The van der Waals surface area contributed by atoms with Crippen molar-refractivity contribution in [3.8, 4) is 0 Å². The van der Waals surface area contributed by atoms with Crippen molar-refractivity contribution < 1.29 is 4.79 Å². The summed E-state index contributed by atoms with van der Waals surface area (Å²) in [4.78, 5) is 12.8. The van der Waals surface area contributed by atoms with Crippen molar-refractivity contribution >= 4 is 17.7 Å². The van der Waals surface area contributed by atoms with E-state index in [0.717, 1.165) is 5.75 Å². The molecule has 3 nitrogen and oxygen atoms in total. The predicted molar refractivity (Wildman–Crippen MR) is 54.3 cm³/mol. The Bertz CT molecular complexity index is 152. The van der Waals surface area contributed by atoms with Crippen molar-refractivity contribution in [1.29, 1.82) is 0 Å². The zero-order valence-corrected chi connectivity index (χ0v) is 9.02. The highest BCUT2D eigenvalue weighted by molar-refractivity contribution is 7.98. The molecule has 0 aliphatic heterocycles. The Morgan fingerprint density at radius 3 is 2.42 bits per heavy atom. The van der Waals surface area contributed by atoms with Crippen LogP contribution in [0.1, 0.15) is 13.8 Å². The number of carbonyl (C=O) groups is 1. The van der Waals surface area contributed by atoms with E-state index in [2.05, 4.69) is 13.2 Å². The highest BCUT2D eigenvalue weighted by Crippen LogP contribution is 2.06. The maximum atomic E-state index is 10.8. The molecule has 0 saturated heterocycles. The fraction of sp³-hybridized carbons (Fsp3) is 0.875. The number of nitrogens with two attached hydrogens (primary N) is 1. The molecule has 0 aliphatic rings. The highest BCUT2D eigenvalue weighted by atomic mass is 32.2.